The molecule has 4 nitrogen and oxygen atoms in total. The Kier molecular flexibility index (Phi) is 9.79. The highest BCUT2D eigenvalue weighted by molar-refractivity contribution is 4.69. The molecule has 0 atom stereocenters. The predicted molar refractivity (Wildman–Crippen MR) is 90.2 cm³/mol. The van der Waals surface area contributed by atoms with E-state index in [2.05, 4.69) is 13.8 Å². The van der Waals surface area contributed by atoms with E-state index in [1.165, 1.54) is 0 Å². The van der Waals surface area contributed by atoms with Gasteiger partial charge in [-0.2, -0.15) is 9.78 Å². The average molecular weight is 318 g/mol. The third kappa shape index (κ3) is 11.4. The minimum atomic E-state index is -0.828. The molecule has 134 valence electrons. The molecule has 0 aliphatic carbocycles. The van der Waals surface area contributed by atoms with Crippen molar-refractivity contribution in [1.82, 2.24) is 0 Å². The maximum atomic E-state index is 5.79. The highest BCUT2D eigenvalue weighted by atomic mass is 17.3. The molecular formula is C18H38O4. The minimum Gasteiger partial charge on any atom is -0.228 e. The van der Waals surface area contributed by atoms with E-state index >= 15 is 0 Å². The van der Waals surface area contributed by atoms with Crippen molar-refractivity contribution in [2.45, 2.75) is 117 Å². The molecule has 0 rings (SSSR count). The normalized spacial score (nSPS) is 13.6. The highest BCUT2D eigenvalue weighted by Gasteiger charge is 2.37. The number of hydrogen-bond donors (Lipinski definition) is 0. The van der Waals surface area contributed by atoms with Crippen molar-refractivity contribution in [3.8, 4) is 0 Å². The van der Waals surface area contributed by atoms with Crippen molar-refractivity contribution in [3.63, 3.8) is 0 Å². The third-order valence-electron chi connectivity index (χ3n) is 2.96. The van der Waals surface area contributed by atoms with Gasteiger partial charge in [0.25, 0.3) is 0 Å². The summed E-state index contributed by atoms with van der Waals surface area (Å²) in [5, 5.41) is 0. The van der Waals surface area contributed by atoms with Gasteiger partial charge in [-0.1, -0.05) is 33.1 Å². The summed E-state index contributed by atoms with van der Waals surface area (Å²) in [5.74, 6) is -0.828. The Morgan fingerprint density at radius 1 is 0.545 bits per heavy atom. The third-order valence-corrected chi connectivity index (χ3v) is 2.96. The van der Waals surface area contributed by atoms with Crippen LogP contribution in [0.3, 0.4) is 0 Å². The van der Waals surface area contributed by atoms with Crippen molar-refractivity contribution in [1.29, 1.82) is 0 Å². The van der Waals surface area contributed by atoms with Gasteiger partial charge in [-0.15, -0.1) is 0 Å². The topological polar surface area (TPSA) is 36.9 Å². The molecule has 0 saturated heterocycles. The SMILES string of the molecule is CCCCCC(CCCC)(OOC(C)(C)C)OOC(C)(C)C. The molecular weight excluding hydrogens is 280 g/mol. The zero-order valence-electron chi connectivity index (χ0n) is 16.1. The van der Waals surface area contributed by atoms with Gasteiger partial charge in [-0.05, 0) is 54.4 Å². The first-order valence-electron chi connectivity index (χ1n) is 8.77. The average Bonchev–Trinajstić information content (AvgIpc) is 2.38. The largest absolute Gasteiger partial charge is 0.234 e. The van der Waals surface area contributed by atoms with Crippen LogP contribution in [-0.2, 0) is 19.6 Å². The monoisotopic (exact) mass is 318 g/mol. The van der Waals surface area contributed by atoms with Gasteiger partial charge in [0.1, 0.15) is 0 Å². The molecule has 0 aliphatic heterocycles. The summed E-state index contributed by atoms with van der Waals surface area (Å²) >= 11 is 0. The van der Waals surface area contributed by atoms with Gasteiger partial charge in [-0.25, -0.2) is 9.78 Å². The molecule has 0 aromatic heterocycles. The molecule has 0 unspecified atom stereocenters. The lowest BCUT2D eigenvalue weighted by molar-refractivity contribution is -0.543. The molecule has 0 heterocycles. The molecule has 0 amide bonds. The summed E-state index contributed by atoms with van der Waals surface area (Å²) in [5.41, 5.74) is -0.763. The molecule has 0 saturated carbocycles. The molecule has 0 spiro atoms. The number of unbranched alkanes of at least 4 members (excludes halogenated alkanes) is 3. The molecule has 0 radical (unpaired) electrons. The first kappa shape index (κ1) is 21.8. The Bertz CT molecular complexity index is 258. The van der Waals surface area contributed by atoms with Crippen LogP contribution >= 0.6 is 0 Å². The quantitative estimate of drug-likeness (QED) is 0.204. The Morgan fingerprint density at radius 3 is 1.32 bits per heavy atom. The van der Waals surface area contributed by atoms with Gasteiger partial charge in [-0.3, -0.25) is 0 Å². The van der Waals surface area contributed by atoms with Crippen LogP contribution in [0.2, 0.25) is 0 Å². The Hall–Kier alpha value is -0.160. The van der Waals surface area contributed by atoms with E-state index in [0.29, 0.717) is 0 Å². The van der Waals surface area contributed by atoms with E-state index in [9.17, 15) is 0 Å². The van der Waals surface area contributed by atoms with Crippen molar-refractivity contribution >= 4 is 0 Å². The fourth-order valence-corrected chi connectivity index (χ4v) is 1.80. The Labute approximate surface area is 137 Å². The smallest absolute Gasteiger partial charge is 0.228 e. The minimum absolute atomic E-state index is 0.382. The molecule has 0 aromatic carbocycles. The fourth-order valence-electron chi connectivity index (χ4n) is 1.80. The van der Waals surface area contributed by atoms with Gasteiger partial charge < -0.3 is 0 Å². The second kappa shape index (κ2) is 9.86. The zero-order valence-corrected chi connectivity index (χ0v) is 16.1. The van der Waals surface area contributed by atoms with Gasteiger partial charge in [0.15, 0.2) is 0 Å². The van der Waals surface area contributed by atoms with Crippen LogP contribution in [0.5, 0.6) is 0 Å². The van der Waals surface area contributed by atoms with E-state index in [-0.39, 0.29) is 11.2 Å². The second-order valence-electron chi connectivity index (χ2n) is 8.03. The van der Waals surface area contributed by atoms with Crippen molar-refractivity contribution in [3.05, 3.63) is 0 Å². The summed E-state index contributed by atoms with van der Waals surface area (Å²) < 4.78 is 0. The molecule has 0 aromatic rings. The van der Waals surface area contributed by atoms with Crippen LogP contribution in [-0.4, -0.2) is 17.0 Å². The predicted octanol–water partition coefficient (Wildman–Crippen LogP) is 5.95. The lowest BCUT2D eigenvalue weighted by Gasteiger charge is -2.35. The summed E-state index contributed by atoms with van der Waals surface area (Å²) in [6, 6.07) is 0. The van der Waals surface area contributed by atoms with E-state index in [1.54, 1.807) is 0 Å². The van der Waals surface area contributed by atoms with Gasteiger partial charge >= 0.3 is 0 Å². The number of rotatable bonds is 11. The van der Waals surface area contributed by atoms with Crippen LogP contribution in [0.1, 0.15) is 100 Å². The maximum Gasteiger partial charge on any atom is 0.234 e. The van der Waals surface area contributed by atoms with Crippen LogP contribution < -0.4 is 0 Å². The zero-order chi connectivity index (χ0) is 17.3. The molecule has 0 N–H and O–H groups in total. The molecule has 0 bridgehead atoms. The van der Waals surface area contributed by atoms with Gasteiger partial charge in [0.2, 0.25) is 5.79 Å². The van der Waals surface area contributed by atoms with Crippen molar-refractivity contribution in [2.24, 2.45) is 0 Å². The lowest BCUT2D eigenvalue weighted by Crippen LogP contribution is -2.41. The van der Waals surface area contributed by atoms with Crippen LogP contribution in [0.15, 0.2) is 0 Å². The first-order chi connectivity index (χ1) is 10.0. The molecule has 0 fully saturated rings. The van der Waals surface area contributed by atoms with E-state index < -0.39 is 5.79 Å². The standard InChI is InChI=1S/C18H38O4/c1-9-11-13-15-18(14-12-10-2,21-19-16(3,4)5)22-20-17(6,7)8/h9-15H2,1-8H3. The van der Waals surface area contributed by atoms with Gasteiger partial charge in [0, 0.05) is 12.8 Å². The second-order valence-corrected chi connectivity index (χ2v) is 8.03. The highest BCUT2D eigenvalue weighted by Crippen LogP contribution is 2.31. The maximum absolute atomic E-state index is 5.79. The summed E-state index contributed by atoms with van der Waals surface area (Å²) in [4.78, 5) is 22.7. The van der Waals surface area contributed by atoms with Crippen LogP contribution in [0.4, 0.5) is 0 Å². The summed E-state index contributed by atoms with van der Waals surface area (Å²) in [6.07, 6.45) is 6.95. The summed E-state index contributed by atoms with van der Waals surface area (Å²) in [7, 11) is 0. The summed E-state index contributed by atoms with van der Waals surface area (Å²) in [6.45, 7) is 16.1. The van der Waals surface area contributed by atoms with Crippen LogP contribution in [0, 0.1) is 0 Å². The molecule has 22 heavy (non-hydrogen) atoms. The van der Waals surface area contributed by atoms with Crippen molar-refractivity contribution in [2.75, 3.05) is 0 Å². The van der Waals surface area contributed by atoms with E-state index in [4.69, 9.17) is 19.6 Å². The van der Waals surface area contributed by atoms with E-state index in [1.807, 2.05) is 41.5 Å². The molecule has 0 aliphatic rings. The fraction of sp³-hybridized carbons (Fsp3) is 1.00. The first-order valence-corrected chi connectivity index (χ1v) is 8.77. The molecule has 4 heteroatoms. The van der Waals surface area contributed by atoms with Crippen molar-refractivity contribution < 1.29 is 19.6 Å². The lowest BCUT2D eigenvalue weighted by atomic mass is 10.0. The van der Waals surface area contributed by atoms with Crippen LogP contribution in [0.25, 0.3) is 0 Å². The van der Waals surface area contributed by atoms with Gasteiger partial charge in [0.05, 0.1) is 11.2 Å². The Balaban J connectivity index is 4.94. The Morgan fingerprint density at radius 2 is 0.955 bits per heavy atom. The van der Waals surface area contributed by atoms with E-state index in [0.717, 1.165) is 44.9 Å². The number of hydrogen-bond acceptors (Lipinski definition) is 4.